The Bertz CT molecular complexity index is 476. The van der Waals surface area contributed by atoms with E-state index in [-0.39, 0.29) is 18.2 Å². The van der Waals surface area contributed by atoms with Crippen molar-refractivity contribution in [2.24, 2.45) is 0 Å². The van der Waals surface area contributed by atoms with Gasteiger partial charge in [0.15, 0.2) is 17.4 Å². The average molecular weight is 275 g/mol. The van der Waals surface area contributed by atoms with Crippen LogP contribution in [0.4, 0.5) is 8.78 Å². The zero-order valence-electron chi connectivity index (χ0n) is 8.75. The molecule has 0 unspecified atom stereocenters. The molecule has 17 heavy (non-hydrogen) atoms. The molecule has 90 valence electrons. The quantitative estimate of drug-likeness (QED) is 0.754. The molecule has 0 aliphatic carbocycles. The number of thiophene rings is 1. The highest BCUT2D eigenvalue weighted by Gasteiger charge is 2.12. The predicted octanol–water partition coefficient (Wildman–Crippen LogP) is 4.34. The predicted molar refractivity (Wildman–Crippen MR) is 64.6 cm³/mol. The molecule has 0 N–H and O–H groups in total. The van der Waals surface area contributed by atoms with E-state index in [4.69, 9.17) is 16.3 Å². The van der Waals surface area contributed by atoms with Crippen LogP contribution in [-0.4, -0.2) is 0 Å². The molecule has 2 aromatic rings. The van der Waals surface area contributed by atoms with Crippen molar-refractivity contribution in [1.29, 1.82) is 0 Å². The van der Waals surface area contributed by atoms with Crippen LogP contribution in [0.5, 0.6) is 5.75 Å². The highest BCUT2D eigenvalue weighted by molar-refractivity contribution is 7.09. The van der Waals surface area contributed by atoms with Crippen LogP contribution in [-0.2, 0) is 12.5 Å². The first-order chi connectivity index (χ1) is 8.20. The molecule has 2 rings (SSSR count). The lowest BCUT2D eigenvalue weighted by molar-refractivity contribution is 0.277. The Hall–Kier alpha value is -1.13. The second kappa shape index (κ2) is 5.47. The number of rotatable bonds is 4. The number of halogens is 3. The number of hydrogen-bond donors (Lipinski definition) is 0. The Morgan fingerprint density at radius 1 is 1.24 bits per heavy atom. The fourth-order valence-electron chi connectivity index (χ4n) is 1.37. The van der Waals surface area contributed by atoms with Crippen LogP contribution in [0.25, 0.3) is 0 Å². The monoisotopic (exact) mass is 274 g/mol. The van der Waals surface area contributed by atoms with Crippen molar-refractivity contribution >= 4 is 22.9 Å². The van der Waals surface area contributed by atoms with E-state index in [1.54, 1.807) is 0 Å². The van der Waals surface area contributed by atoms with Crippen LogP contribution in [0.15, 0.2) is 29.6 Å². The van der Waals surface area contributed by atoms with Gasteiger partial charge in [0, 0.05) is 10.8 Å². The van der Waals surface area contributed by atoms with Crippen LogP contribution in [0.3, 0.4) is 0 Å². The fourth-order valence-corrected chi connectivity index (χ4v) is 2.14. The van der Waals surface area contributed by atoms with Gasteiger partial charge in [-0.25, -0.2) is 8.78 Å². The molecule has 1 aromatic carbocycles. The van der Waals surface area contributed by atoms with Crippen molar-refractivity contribution in [3.8, 4) is 5.75 Å². The van der Waals surface area contributed by atoms with E-state index in [2.05, 4.69) is 0 Å². The van der Waals surface area contributed by atoms with Gasteiger partial charge in [-0.05, 0) is 29.1 Å². The average Bonchev–Trinajstić information content (AvgIpc) is 2.80. The first kappa shape index (κ1) is 12.3. The normalized spacial score (nSPS) is 10.5. The van der Waals surface area contributed by atoms with Crippen molar-refractivity contribution in [1.82, 2.24) is 0 Å². The van der Waals surface area contributed by atoms with Crippen LogP contribution >= 0.6 is 22.9 Å². The van der Waals surface area contributed by atoms with Crippen molar-refractivity contribution in [3.05, 3.63) is 51.7 Å². The SMILES string of the molecule is Fc1cc(CCl)cc(F)c1OCc1cccs1. The van der Waals surface area contributed by atoms with Crippen LogP contribution in [0.2, 0.25) is 0 Å². The second-order valence-corrected chi connectivity index (χ2v) is 4.69. The summed E-state index contributed by atoms with van der Waals surface area (Å²) < 4.78 is 32.1. The second-order valence-electron chi connectivity index (χ2n) is 3.39. The molecule has 0 radical (unpaired) electrons. The largest absolute Gasteiger partial charge is 0.482 e. The van der Waals surface area contributed by atoms with Gasteiger partial charge in [-0.2, -0.15) is 0 Å². The van der Waals surface area contributed by atoms with E-state index in [9.17, 15) is 8.78 Å². The van der Waals surface area contributed by atoms with E-state index < -0.39 is 11.6 Å². The van der Waals surface area contributed by atoms with Crippen LogP contribution in [0, 0.1) is 11.6 Å². The molecule has 0 saturated carbocycles. The highest BCUT2D eigenvalue weighted by atomic mass is 35.5. The maximum atomic E-state index is 13.5. The fraction of sp³-hybridized carbons (Fsp3) is 0.167. The molecule has 0 atom stereocenters. The smallest absolute Gasteiger partial charge is 0.191 e. The third kappa shape index (κ3) is 2.96. The molecule has 1 nitrogen and oxygen atoms in total. The molecular weight excluding hydrogens is 266 g/mol. The first-order valence-electron chi connectivity index (χ1n) is 4.90. The molecule has 1 aromatic heterocycles. The van der Waals surface area contributed by atoms with Gasteiger partial charge in [0.1, 0.15) is 6.61 Å². The van der Waals surface area contributed by atoms with Gasteiger partial charge in [0.05, 0.1) is 0 Å². The lowest BCUT2D eigenvalue weighted by Gasteiger charge is -2.08. The Kier molecular flexibility index (Phi) is 3.97. The summed E-state index contributed by atoms with van der Waals surface area (Å²) in [6.07, 6.45) is 0. The summed E-state index contributed by atoms with van der Waals surface area (Å²) in [5.74, 6) is -1.74. The van der Waals surface area contributed by atoms with Crippen LogP contribution < -0.4 is 4.74 Å². The van der Waals surface area contributed by atoms with E-state index >= 15 is 0 Å². The zero-order valence-corrected chi connectivity index (χ0v) is 10.3. The molecule has 5 heteroatoms. The number of benzene rings is 1. The Morgan fingerprint density at radius 3 is 2.47 bits per heavy atom. The van der Waals surface area contributed by atoms with Gasteiger partial charge in [0.25, 0.3) is 0 Å². The number of ether oxygens (including phenoxy) is 1. The molecule has 0 aliphatic rings. The summed E-state index contributed by atoms with van der Waals surface area (Å²) >= 11 is 6.98. The van der Waals surface area contributed by atoms with Gasteiger partial charge in [0.2, 0.25) is 0 Å². The lowest BCUT2D eigenvalue weighted by Crippen LogP contribution is -1.99. The minimum Gasteiger partial charge on any atom is -0.482 e. The van der Waals surface area contributed by atoms with E-state index in [0.717, 1.165) is 4.88 Å². The van der Waals surface area contributed by atoms with Crippen molar-refractivity contribution in [3.63, 3.8) is 0 Å². The zero-order chi connectivity index (χ0) is 12.3. The minimum atomic E-state index is -0.725. The third-order valence-corrected chi connectivity index (χ3v) is 3.31. The summed E-state index contributed by atoms with van der Waals surface area (Å²) in [5.41, 5.74) is 0.394. The molecule has 0 amide bonds. The molecule has 0 saturated heterocycles. The maximum absolute atomic E-state index is 13.5. The van der Waals surface area contributed by atoms with E-state index in [1.165, 1.54) is 23.5 Å². The summed E-state index contributed by atoms with van der Waals surface area (Å²) in [5, 5.41) is 1.88. The maximum Gasteiger partial charge on any atom is 0.191 e. The van der Waals surface area contributed by atoms with Gasteiger partial charge in [-0.1, -0.05) is 6.07 Å². The molecular formula is C12H9ClF2OS. The van der Waals surface area contributed by atoms with Gasteiger partial charge in [-0.15, -0.1) is 22.9 Å². The van der Waals surface area contributed by atoms with Crippen molar-refractivity contribution in [2.45, 2.75) is 12.5 Å². The molecule has 0 bridgehead atoms. The summed E-state index contributed by atoms with van der Waals surface area (Å²) in [6.45, 7) is 0.158. The summed E-state index contributed by atoms with van der Waals surface area (Å²) in [4.78, 5) is 0.908. The third-order valence-electron chi connectivity index (χ3n) is 2.15. The molecule has 0 aliphatic heterocycles. The van der Waals surface area contributed by atoms with Crippen molar-refractivity contribution < 1.29 is 13.5 Å². The molecule has 0 fully saturated rings. The first-order valence-corrected chi connectivity index (χ1v) is 6.31. The highest BCUT2D eigenvalue weighted by Crippen LogP contribution is 2.25. The topological polar surface area (TPSA) is 9.23 Å². The summed E-state index contributed by atoms with van der Waals surface area (Å²) in [7, 11) is 0. The standard InChI is InChI=1S/C12H9ClF2OS/c13-6-8-4-10(14)12(11(15)5-8)16-7-9-2-1-3-17-9/h1-5H,6-7H2. The Balaban J connectivity index is 2.15. The Morgan fingerprint density at radius 2 is 1.94 bits per heavy atom. The van der Waals surface area contributed by atoms with Gasteiger partial charge >= 0.3 is 0 Å². The van der Waals surface area contributed by atoms with Crippen LogP contribution in [0.1, 0.15) is 10.4 Å². The van der Waals surface area contributed by atoms with Gasteiger partial charge < -0.3 is 4.74 Å². The number of hydrogen-bond acceptors (Lipinski definition) is 2. The molecule has 1 heterocycles. The Labute approximate surface area is 107 Å². The molecule has 0 spiro atoms. The summed E-state index contributed by atoms with van der Waals surface area (Å²) in [6, 6.07) is 6.06. The van der Waals surface area contributed by atoms with Crippen molar-refractivity contribution in [2.75, 3.05) is 0 Å². The number of alkyl halides is 1. The minimum absolute atomic E-state index is 0.0685. The van der Waals surface area contributed by atoms with E-state index in [0.29, 0.717) is 5.56 Å². The van der Waals surface area contributed by atoms with E-state index in [1.807, 2.05) is 17.5 Å². The lowest BCUT2D eigenvalue weighted by atomic mass is 10.2. The van der Waals surface area contributed by atoms with Gasteiger partial charge in [-0.3, -0.25) is 0 Å².